The Labute approximate surface area is 121 Å². The maximum Gasteiger partial charge on any atom is 0.140 e. The second-order valence-electron chi connectivity index (χ2n) is 4.67. The molecule has 1 aromatic carbocycles. The molecule has 0 aliphatic carbocycles. The Morgan fingerprint density at radius 2 is 1.95 bits per heavy atom. The van der Waals surface area contributed by atoms with Gasteiger partial charge in [-0.3, -0.25) is 0 Å². The lowest BCUT2D eigenvalue weighted by atomic mass is 10.1. The third kappa shape index (κ3) is 2.37. The van der Waals surface area contributed by atoms with Crippen LogP contribution in [-0.2, 0) is 13.1 Å². The van der Waals surface area contributed by atoms with Crippen LogP contribution in [0.2, 0.25) is 0 Å². The van der Waals surface area contributed by atoms with Crippen LogP contribution in [0.1, 0.15) is 11.1 Å². The topological polar surface area (TPSA) is 55.0 Å². The molecule has 5 heteroatoms. The first-order valence-corrected chi connectivity index (χ1v) is 7.33. The smallest absolute Gasteiger partial charge is 0.140 e. The Kier molecular flexibility index (Phi) is 3.62. The molecule has 2 heterocycles. The minimum Gasteiger partial charge on any atom is -0.355 e. The van der Waals surface area contributed by atoms with Crippen LogP contribution in [0.3, 0.4) is 0 Å². The van der Waals surface area contributed by atoms with E-state index in [1.165, 1.54) is 11.1 Å². The Morgan fingerprint density at radius 1 is 1.15 bits per heavy atom. The normalized spacial score (nSPS) is 10.9. The summed E-state index contributed by atoms with van der Waals surface area (Å²) < 4.78 is 0. The van der Waals surface area contributed by atoms with E-state index < -0.39 is 0 Å². The van der Waals surface area contributed by atoms with Gasteiger partial charge in [0, 0.05) is 20.1 Å². The molecule has 0 spiro atoms. The maximum absolute atomic E-state index is 5.80. The second kappa shape index (κ2) is 5.56. The van der Waals surface area contributed by atoms with Crippen LogP contribution in [0, 0.1) is 0 Å². The highest BCUT2D eigenvalue weighted by Crippen LogP contribution is 2.27. The van der Waals surface area contributed by atoms with Crippen molar-refractivity contribution in [1.29, 1.82) is 0 Å². The molecular formula is C15H16N4S. The van der Waals surface area contributed by atoms with E-state index in [1.807, 2.05) is 24.6 Å². The molecule has 20 heavy (non-hydrogen) atoms. The quantitative estimate of drug-likeness (QED) is 0.800. The Hall–Kier alpha value is -1.98. The molecule has 0 unspecified atom stereocenters. The summed E-state index contributed by atoms with van der Waals surface area (Å²) in [5.74, 6) is 0.961. The number of nitrogens with two attached hydrogens (primary N) is 1. The highest BCUT2D eigenvalue weighted by atomic mass is 32.1. The summed E-state index contributed by atoms with van der Waals surface area (Å²) in [5.41, 5.74) is 8.21. The van der Waals surface area contributed by atoms with Crippen molar-refractivity contribution in [2.75, 3.05) is 11.9 Å². The zero-order valence-electron chi connectivity index (χ0n) is 11.3. The lowest BCUT2D eigenvalue weighted by molar-refractivity contribution is 0.878. The monoisotopic (exact) mass is 284 g/mol. The summed E-state index contributed by atoms with van der Waals surface area (Å²) in [6, 6.07) is 10.3. The third-order valence-electron chi connectivity index (χ3n) is 3.35. The van der Waals surface area contributed by atoms with Crippen LogP contribution in [0.25, 0.3) is 10.2 Å². The highest BCUT2D eigenvalue weighted by Gasteiger charge is 2.11. The van der Waals surface area contributed by atoms with E-state index in [2.05, 4.69) is 33.1 Å². The number of thiophene rings is 1. The minimum atomic E-state index is 0.557. The molecule has 0 amide bonds. The van der Waals surface area contributed by atoms with Crippen molar-refractivity contribution in [1.82, 2.24) is 9.97 Å². The highest BCUT2D eigenvalue weighted by molar-refractivity contribution is 7.16. The van der Waals surface area contributed by atoms with Gasteiger partial charge in [-0.05, 0) is 22.6 Å². The molecule has 0 saturated heterocycles. The van der Waals surface area contributed by atoms with Gasteiger partial charge in [-0.1, -0.05) is 24.3 Å². The summed E-state index contributed by atoms with van der Waals surface area (Å²) in [6.45, 7) is 1.34. The van der Waals surface area contributed by atoms with Crippen LogP contribution in [-0.4, -0.2) is 17.0 Å². The van der Waals surface area contributed by atoms with Crippen molar-refractivity contribution in [3.63, 3.8) is 0 Å². The average Bonchev–Trinajstić information content (AvgIpc) is 2.96. The van der Waals surface area contributed by atoms with E-state index in [0.29, 0.717) is 6.54 Å². The van der Waals surface area contributed by atoms with E-state index in [-0.39, 0.29) is 0 Å². The Bertz CT molecular complexity index is 722. The van der Waals surface area contributed by atoms with Crippen LogP contribution in [0.15, 0.2) is 42.0 Å². The number of fused-ring (bicyclic) bond motifs is 1. The molecule has 0 radical (unpaired) electrons. The first-order chi connectivity index (χ1) is 9.79. The van der Waals surface area contributed by atoms with Crippen molar-refractivity contribution >= 4 is 27.4 Å². The van der Waals surface area contributed by atoms with E-state index in [0.717, 1.165) is 22.6 Å². The zero-order chi connectivity index (χ0) is 13.9. The van der Waals surface area contributed by atoms with E-state index >= 15 is 0 Å². The molecular weight excluding hydrogens is 268 g/mol. The Balaban J connectivity index is 1.93. The van der Waals surface area contributed by atoms with Crippen LogP contribution < -0.4 is 10.6 Å². The first kappa shape index (κ1) is 13.0. The average molecular weight is 284 g/mol. The molecule has 102 valence electrons. The van der Waals surface area contributed by atoms with Crippen LogP contribution >= 0.6 is 11.3 Å². The predicted octanol–water partition coefficient (Wildman–Crippen LogP) is 2.79. The van der Waals surface area contributed by atoms with Crippen molar-refractivity contribution in [3.8, 4) is 0 Å². The van der Waals surface area contributed by atoms with Crippen molar-refractivity contribution in [2.45, 2.75) is 13.1 Å². The number of rotatable bonds is 4. The molecule has 0 fully saturated rings. The molecule has 0 bridgehead atoms. The van der Waals surface area contributed by atoms with Crippen molar-refractivity contribution in [3.05, 3.63) is 53.2 Å². The van der Waals surface area contributed by atoms with E-state index in [4.69, 9.17) is 5.73 Å². The number of benzene rings is 1. The fourth-order valence-electron chi connectivity index (χ4n) is 2.32. The van der Waals surface area contributed by atoms with Gasteiger partial charge in [-0.25, -0.2) is 9.97 Å². The standard InChI is InChI=1S/C15H16N4S/c1-19(9-12-5-3-2-4-11(12)8-16)14-13-6-7-20-15(13)18-10-17-14/h2-7,10H,8-9,16H2,1H3. The van der Waals surface area contributed by atoms with Gasteiger partial charge in [0.1, 0.15) is 17.0 Å². The number of anilines is 1. The van der Waals surface area contributed by atoms with Gasteiger partial charge in [-0.15, -0.1) is 11.3 Å². The lowest BCUT2D eigenvalue weighted by Gasteiger charge is -2.20. The van der Waals surface area contributed by atoms with Crippen LogP contribution in [0.5, 0.6) is 0 Å². The van der Waals surface area contributed by atoms with Gasteiger partial charge in [0.05, 0.1) is 5.39 Å². The third-order valence-corrected chi connectivity index (χ3v) is 4.17. The molecule has 0 atom stereocenters. The minimum absolute atomic E-state index is 0.557. The molecule has 2 aromatic heterocycles. The fraction of sp³-hybridized carbons (Fsp3) is 0.200. The molecule has 0 saturated carbocycles. The van der Waals surface area contributed by atoms with Gasteiger partial charge in [-0.2, -0.15) is 0 Å². The summed E-state index contributed by atoms with van der Waals surface area (Å²) in [5, 5.41) is 3.15. The number of hydrogen-bond acceptors (Lipinski definition) is 5. The molecule has 3 aromatic rings. The van der Waals surface area contributed by atoms with Crippen molar-refractivity contribution in [2.24, 2.45) is 5.73 Å². The van der Waals surface area contributed by atoms with Crippen molar-refractivity contribution < 1.29 is 0 Å². The van der Waals surface area contributed by atoms with Gasteiger partial charge in [0.2, 0.25) is 0 Å². The number of aromatic nitrogens is 2. The maximum atomic E-state index is 5.80. The van der Waals surface area contributed by atoms with Gasteiger partial charge >= 0.3 is 0 Å². The van der Waals surface area contributed by atoms with Crippen LogP contribution in [0.4, 0.5) is 5.82 Å². The zero-order valence-corrected chi connectivity index (χ0v) is 12.1. The summed E-state index contributed by atoms with van der Waals surface area (Å²) >= 11 is 1.64. The van der Waals surface area contributed by atoms with Gasteiger partial charge in [0.15, 0.2) is 0 Å². The van der Waals surface area contributed by atoms with E-state index in [1.54, 1.807) is 17.7 Å². The lowest BCUT2D eigenvalue weighted by Crippen LogP contribution is -2.19. The number of hydrogen-bond donors (Lipinski definition) is 1. The van der Waals surface area contributed by atoms with E-state index in [9.17, 15) is 0 Å². The summed E-state index contributed by atoms with van der Waals surface area (Å²) in [4.78, 5) is 11.9. The SMILES string of the molecule is CN(Cc1ccccc1CN)c1ncnc2sccc12. The molecule has 2 N–H and O–H groups in total. The predicted molar refractivity (Wildman–Crippen MR) is 83.9 cm³/mol. The fourth-order valence-corrected chi connectivity index (χ4v) is 3.05. The largest absolute Gasteiger partial charge is 0.355 e. The van der Waals surface area contributed by atoms with Gasteiger partial charge < -0.3 is 10.6 Å². The first-order valence-electron chi connectivity index (χ1n) is 6.46. The molecule has 0 aliphatic heterocycles. The molecule has 3 rings (SSSR count). The molecule has 0 aliphatic rings. The summed E-state index contributed by atoms with van der Waals surface area (Å²) in [6.07, 6.45) is 1.62. The molecule has 4 nitrogen and oxygen atoms in total. The van der Waals surface area contributed by atoms with Gasteiger partial charge in [0.25, 0.3) is 0 Å². The summed E-state index contributed by atoms with van der Waals surface area (Å²) in [7, 11) is 2.05. The Morgan fingerprint density at radius 3 is 2.75 bits per heavy atom. The second-order valence-corrected chi connectivity index (χ2v) is 5.56. The number of nitrogens with zero attached hydrogens (tertiary/aromatic N) is 3.